The van der Waals surface area contributed by atoms with Gasteiger partial charge in [-0.15, -0.1) is 0 Å². The Hall–Kier alpha value is -3.03. The summed E-state index contributed by atoms with van der Waals surface area (Å²) in [5.41, 5.74) is 1.48. The van der Waals surface area contributed by atoms with Gasteiger partial charge in [-0.05, 0) is 38.8 Å². The van der Waals surface area contributed by atoms with Gasteiger partial charge in [-0.3, -0.25) is 4.79 Å². The normalized spacial score (nSPS) is 18.2. The van der Waals surface area contributed by atoms with Crippen LogP contribution in [0.15, 0.2) is 30.6 Å². The van der Waals surface area contributed by atoms with Crippen molar-refractivity contribution in [2.24, 2.45) is 0 Å². The number of nitrogens with zero attached hydrogens (tertiary/aromatic N) is 3. The molecule has 1 saturated heterocycles. The lowest BCUT2D eigenvalue weighted by Gasteiger charge is -2.33. The number of hydrogen-bond donors (Lipinski definition) is 2. The molecule has 0 aliphatic carbocycles. The minimum absolute atomic E-state index is 0.0340. The molecule has 2 aromatic rings. The number of benzene rings is 1. The number of carbonyl (C=O) groups excluding carboxylic acids is 1. The van der Waals surface area contributed by atoms with Gasteiger partial charge in [0.15, 0.2) is 11.5 Å². The average molecular weight is 383 g/mol. The Balaban J connectivity index is 1.38. The van der Waals surface area contributed by atoms with Crippen LogP contribution in [0.5, 0.6) is 11.5 Å². The number of carbonyl (C=O) groups is 1. The fraction of sp³-hybridized carbons (Fsp3) is 0.450. The Labute approximate surface area is 164 Å². The van der Waals surface area contributed by atoms with Crippen molar-refractivity contribution in [1.82, 2.24) is 14.9 Å². The SMILES string of the molecule is CC(C)Nc1ncc(C(=O)N2CCC[C@H](Nc3ccc4c(c3)OCO4)C2)cn1. The summed E-state index contributed by atoms with van der Waals surface area (Å²) in [5.74, 6) is 2.02. The van der Waals surface area contributed by atoms with Gasteiger partial charge in [0.1, 0.15) is 0 Å². The highest BCUT2D eigenvalue weighted by molar-refractivity contribution is 5.93. The molecule has 4 rings (SSSR count). The van der Waals surface area contributed by atoms with E-state index in [1.165, 1.54) is 0 Å². The van der Waals surface area contributed by atoms with E-state index < -0.39 is 0 Å². The van der Waals surface area contributed by atoms with Crippen molar-refractivity contribution in [3.8, 4) is 11.5 Å². The zero-order valence-corrected chi connectivity index (χ0v) is 16.1. The largest absolute Gasteiger partial charge is 0.454 e. The summed E-state index contributed by atoms with van der Waals surface area (Å²) in [6.07, 6.45) is 5.14. The summed E-state index contributed by atoms with van der Waals surface area (Å²) in [5, 5.41) is 6.63. The summed E-state index contributed by atoms with van der Waals surface area (Å²) in [6, 6.07) is 6.24. The van der Waals surface area contributed by atoms with Crippen molar-refractivity contribution in [3.05, 3.63) is 36.2 Å². The highest BCUT2D eigenvalue weighted by Crippen LogP contribution is 2.34. The molecule has 148 valence electrons. The first-order chi connectivity index (χ1) is 13.6. The molecule has 1 atom stereocenters. The number of likely N-dealkylation sites (tertiary alicyclic amines) is 1. The maximum absolute atomic E-state index is 12.8. The van der Waals surface area contributed by atoms with Gasteiger partial charge in [0, 0.05) is 49.3 Å². The van der Waals surface area contributed by atoms with E-state index in [-0.39, 0.29) is 24.8 Å². The smallest absolute Gasteiger partial charge is 0.257 e. The molecule has 0 bridgehead atoms. The van der Waals surface area contributed by atoms with Crippen LogP contribution in [0.1, 0.15) is 37.0 Å². The van der Waals surface area contributed by atoms with E-state index in [9.17, 15) is 4.79 Å². The van der Waals surface area contributed by atoms with Crippen LogP contribution >= 0.6 is 0 Å². The Morgan fingerprint density at radius 1 is 1.21 bits per heavy atom. The van der Waals surface area contributed by atoms with Gasteiger partial charge in [0.25, 0.3) is 5.91 Å². The third kappa shape index (κ3) is 4.11. The summed E-state index contributed by atoms with van der Waals surface area (Å²) >= 11 is 0. The van der Waals surface area contributed by atoms with E-state index in [0.717, 1.165) is 36.6 Å². The quantitative estimate of drug-likeness (QED) is 0.821. The Morgan fingerprint density at radius 3 is 2.79 bits per heavy atom. The van der Waals surface area contributed by atoms with E-state index in [1.54, 1.807) is 12.4 Å². The van der Waals surface area contributed by atoms with Gasteiger partial charge >= 0.3 is 0 Å². The highest BCUT2D eigenvalue weighted by Gasteiger charge is 2.25. The van der Waals surface area contributed by atoms with Crippen LogP contribution in [0.2, 0.25) is 0 Å². The van der Waals surface area contributed by atoms with E-state index in [2.05, 4.69) is 20.6 Å². The van der Waals surface area contributed by atoms with E-state index in [0.29, 0.717) is 18.1 Å². The molecule has 0 saturated carbocycles. The topological polar surface area (TPSA) is 88.6 Å². The third-order valence-electron chi connectivity index (χ3n) is 4.77. The molecule has 0 unspecified atom stereocenters. The van der Waals surface area contributed by atoms with Crippen LogP contribution in [-0.2, 0) is 0 Å². The molecule has 8 nitrogen and oxygen atoms in total. The second kappa shape index (κ2) is 7.92. The van der Waals surface area contributed by atoms with E-state index in [1.807, 2.05) is 36.9 Å². The number of nitrogens with one attached hydrogen (secondary N) is 2. The van der Waals surface area contributed by atoms with Crippen molar-refractivity contribution >= 4 is 17.5 Å². The second-order valence-corrected chi connectivity index (χ2v) is 7.40. The first-order valence-corrected chi connectivity index (χ1v) is 9.62. The average Bonchev–Trinajstić information content (AvgIpc) is 3.16. The lowest BCUT2D eigenvalue weighted by Crippen LogP contribution is -2.45. The fourth-order valence-corrected chi connectivity index (χ4v) is 3.46. The molecular weight excluding hydrogens is 358 g/mol. The highest BCUT2D eigenvalue weighted by atomic mass is 16.7. The molecule has 2 N–H and O–H groups in total. The molecule has 2 aliphatic rings. The predicted octanol–water partition coefficient (Wildman–Crippen LogP) is 2.74. The van der Waals surface area contributed by atoms with Gasteiger partial charge in [0.2, 0.25) is 12.7 Å². The van der Waals surface area contributed by atoms with Crippen molar-refractivity contribution in [2.45, 2.75) is 38.8 Å². The van der Waals surface area contributed by atoms with Crippen LogP contribution in [0.4, 0.5) is 11.6 Å². The maximum atomic E-state index is 12.8. The van der Waals surface area contributed by atoms with Gasteiger partial charge in [-0.1, -0.05) is 0 Å². The second-order valence-electron chi connectivity index (χ2n) is 7.40. The number of rotatable bonds is 5. The molecule has 0 spiro atoms. The lowest BCUT2D eigenvalue weighted by atomic mass is 10.0. The summed E-state index contributed by atoms with van der Waals surface area (Å²) in [4.78, 5) is 23.2. The Bertz CT molecular complexity index is 840. The third-order valence-corrected chi connectivity index (χ3v) is 4.77. The van der Waals surface area contributed by atoms with Gasteiger partial charge in [-0.2, -0.15) is 0 Å². The lowest BCUT2D eigenvalue weighted by molar-refractivity contribution is 0.0714. The molecule has 1 aromatic heterocycles. The number of anilines is 2. The zero-order valence-electron chi connectivity index (χ0n) is 16.1. The number of ether oxygens (including phenoxy) is 2. The summed E-state index contributed by atoms with van der Waals surface area (Å²) in [6.45, 7) is 5.67. The van der Waals surface area contributed by atoms with Crippen LogP contribution in [-0.4, -0.2) is 52.7 Å². The monoisotopic (exact) mass is 383 g/mol. The number of amides is 1. The predicted molar refractivity (Wildman–Crippen MR) is 106 cm³/mol. The van der Waals surface area contributed by atoms with Crippen molar-refractivity contribution < 1.29 is 14.3 Å². The van der Waals surface area contributed by atoms with Crippen molar-refractivity contribution in [3.63, 3.8) is 0 Å². The molecular formula is C20H25N5O3. The van der Waals surface area contributed by atoms with Gasteiger partial charge in [0.05, 0.1) is 5.56 Å². The number of hydrogen-bond acceptors (Lipinski definition) is 7. The molecule has 1 aromatic carbocycles. The molecule has 1 fully saturated rings. The molecule has 8 heteroatoms. The summed E-state index contributed by atoms with van der Waals surface area (Å²) < 4.78 is 10.8. The molecule has 28 heavy (non-hydrogen) atoms. The van der Waals surface area contributed by atoms with Crippen LogP contribution < -0.4 is 20.1 Å². The van der Waals surface area contributed by atoms with E-state index in [4.69, 9.17) is 9.47 Å². The standard InChI is InChI=1S/C20H25N5O3/c1-13(2)23-20-21-9-14(10-22-20)19(26)25-7-3-4-16(11-25)24-15-5-6-17-18(8-15)28-12-27-17/h5-6,8-10,13,16,24H,3-4,7,11-12H2,1-2H3,(H,21,22,23)/t16-/m0/s1. The van der Waals surface area contributed by atoms with Crippen LogP contribution in [0.25, 0.3) is 0 Å². The zero-order chi connectivity index (χ0) is 19.5. The van der Waals surface area contributed by atoms with Crippen LogP contribution in [0, 0.1) is 0 Å². The number of piperidine rings is 1. The molecule has 2 aliphatic heterocycles. The number of aromatic nitrogens is 2. The van der Waals surface area contributed by atoms with Gasteiger partial charge < -0.3 is 25.0 Å². The Kier molecular flexibility index (Phi) is 5.18. The molecule has 0 radical (unpaired) electrons. The molecule has 3 heterocycles. The van der Waals surface area contributed by atoms with Crippen molar-refractivity contribution in [2.75, 3.05) is 30.5 Å². The number of fused-ring (bicyclic) bond motifs is 1. The fourth-order valence-electron chi connectivity index (χ4n) is 3.46. The van der Waals surface area contributed by atoms with Gasteiger partial charge in [-0.25, -0.2) is 9.97 Å². The van der Waals surface area contributed by atoms with Crippen LogP contribution in [0.3, 0.4) is 0 Å². The van der Waals surface area contributed by atoms with Crippen molar-refractivity contribution in [1.29, 1.82) is 0 Å². The molecule has 1 amide bonds. The summed E-state index contributed by atoms with van der Waals surface area (Å²) in [7, 11) is 0. The first kappa shape index (κ1) is 18.3. The first-order valence-electron chi connectivity index (χ1n) is 9.62. The maximum Gasteiger partial charge on any atom is 0.257 e. The van der Waals surface area contributed by atoms with E-state index >= 15 is 0 Å². The minimum atomic E-state index is -0.0340. The Morgan fingerprint density at radius 2 is 2.00 bits per heavy atom. The minimum Gasteiger partial charge on any atom is -0.454 e.